The summed E-state index contributed by atoms with van der Waals surface area (Å²) in [6.45, 7) is 0.670. The van der Waals surface area contributed by atoms with Gasteiger partial charge in [0.25, 0.3) is 0 Å². The minimum atomic E-state index is -0.403. The summed E-state index contributed by atoms with van der Waals surface area (Å²) < 4.78 is 12.7. The molecule has 6 aromatic rings. The van der Waals surface area contributed by atoms with Gasteiger partial charge in [0.1, 0.15) is 5.75 Å². The monoisotopic (exact) mass is 537 g/mol. The molecule has 4 nitrogen and oxygen atoms in total. The van der Waals surface area contributed by atoms with E-state index in [0.29, 0.717) is 5.75 Å². The number of esters is 1. The highest BCUT2D eigenvalue weighted by molar-refractivity contribution is 5.95. The van der Waals surface area contributed by atoms with Gasteiger partial charge in [-0.05, 0) is 57.6 Å². The Balaban J connectivity index is 1.49. The Labute approximate surface area is 240 Å². The van der Waals surface area contributed by atoms with Crippen LogP contribution in [0, 0.1) is 0 Å². The van der Waals surface area contributed by atoms with Gasteiger partial charge in [-0.3, -0.25) is 0 Å². The molecule has 5 aromatic carbocycles. The molecule has 0 fully saturated rings. The van der Waals surface area contributed by atoms with Gasteiger partial charge >= 0.3 is 5.97 Å². The molecule has 41 heavy (non-hydrogen) atoms. The molecule has 0 unspecified atom stereocenters. The highest BCUT2D eigenvalue weighted by Crippen LogP contribution is 2.38. The van der Waals surface area contributed by atoms with E-state index in [1.807, 2.05) is 24.3 Å². The first kappa shape index (κ1) is 26.1. The second kappa shape index (κ2) is 12.0. The Hall–Kier alpha value is -5.09. The third-order valence-corrected chi connectivity index (χ3v) is 7.39. The lowest BCUT2D eigenvalue weighted by atomic mass is 9.96. The SMILES string of the molecule is COC(=O)COc1ccc(-c2ccc3c(c2)c(Cc2ccccc2)c(-c2ccccc2)n3Cc2ccccc2)cc1. The lowest BCUT2D eigenvalue weighted by Gasteiger charge is -2.13. The van der Waals surface area contributed by atoms with Crippen molar-refractivity contribution in [1.82, 2.24) is 4.57 Å². The van der Waals surface area contributed by atoms with Gasteiger partial charge in [0.05, 0.1) is 12.8 Å². The number of hydrogen-bond acceptors (Lipinski definition) is 3. The van der Waals surface area contributed by atoms with Crippen LogP contribution in [0.15, 0.2) is 133 Å². The van der Waals surface area contributed by atoms with Crippen LogP contribution in [0.2, 0.25) is 0 Å². The first-order valence-electron chi connectivity index (χ1n) is 13.8. The van der Waals surface area contributed by atoms with E-state index in [2.05, 4.69) is 118 Å². The molecule has 0 aliphatic rings. The molecule has 0 aliphatic carbocycles. The van der Waals surface area contributed by atoms with Crippen LogP contribution >= 0.6 is 0 Å². The van der Waals surface area contributed by atoms with Crippen molar-refractivity contribution in [1.29, 1.82) is 0 Å². The van der Waals surface area contributed by atoms with Gasteiger partial charge in [0, 0.05) is 23.9 Å². The zero-order valence-corrected chi connectivity index (χ0v) is 23.0. The summed E-state index contributed by atoms with van der Waals surface area (Å²) >= 11 is 0. The first-order valence-corrected chi connectivity index (χ1v) is 13.8. The molecular weight excluding hydrogens is 506 g/mol. The van der Waals surface area contributed by atoms with Crippen molar-refractivity contribution in [2.45, 2.75) is 13.0 Å². The Morgan fingerprint density at radius 1 is 0.659 bits per heavy atom. The summed E-state index contributed by atoms with van der Waals surface area (Å²) in [4.78, 5) is 11.5. The van der Waals surface area contributed by atoms with Crippen molar-refractivity contribution in [2.75, 3.05) is 13.7 Å². The Morgan fingerprint density at radius 3 is 1.93 bits per heavy atom. The van der Waals surface area contributed by atoms with E-state index in [1.54, 1.807) is 0 Å². The molecule has 0 saturated heterocycles. The van der Waals surface area contributed by atoms with E-state index in [9.17, 15) is 4.79 Å². The molecular formula is C37H31NO3. The number of fused-ring (bicyclic) bond motifs is 1. The standard InChI is InChI=1S/C37H31NO3/c1-40-36(39)26-41-32-20-17-29(18-21-32)31-19-22-35-33(24-31)34(23-27-11-5-2-6-12-27)37(30-15-9-4-10-16-30)38(35)25-28-13-7-3-8-14-28/h2-22,24H,23,25-26H2,1H3. The van der Waals surface area contributed by atoms with Crippen LogP contribution in [0.1, 0.15) is 16.7 Å². The Bertz CT molecular complexity index is 1760. The molecule has 4 heteroatoms. The highest BCUT2D eigenvalue weighted by atomic mass is 16.6. The third kappa shape index (κ3) is 5.78. The molecule has 0 amide bonds. The van der Waals surface area contributed by atoms with Crippen LogP contribution in [0.5, 0.6) is 5.75 Å². The fraction of sp³-hybridized carbons (Fsp3) is 0.108. The summed E-state index contributed by atoms with van der Waals surface area (Å²) in [6.07, 6.45) is 0.827. The predicted octanol–water partition coefficient (Wildman–Crippen LogP) is 8.17. The van der Waals surface area contributed by atoms with Crippen LogP contribution < -0.4 is 4.74 Å². The number of hydrogen-bond donors (Lipinski definition) is 0. The second-order valence-electron chi connectivity index (χ2n) is 10.0. The lowest BCUT2D eigenvalue weighted by Crippen LogP contribution is -2.12. The zero-order chi connectivity index (χ0) is 28.0. The molecule has 0 aliphatic heterocycles. The minimum Gasteiger partial charge on any atom is -0.482 e. The summed E-state index contributed by atoms with van der Waals surface area (Å²) in [7, 11) is 1.35. The van der Waals surface area contributed by atoms with Gasteiger partial charge in [-0.2, -0.15) is 0 Å². The number of carbonyl (C=O) groups is 1. The van der Waals surface area contributed by atoms with Gasteiger partial charge in [-0.1, -0.05) is 109 Å². The van der Waals surface area contributed by atoms with E-state index in [1.165, 1.54) is 46.0 Å². The Morgan fingerprint density at radius 2 is 1.27 bits per heavy atom. The highest BCUT2D eigenvalue weighted by Gasteiger charge is 2.20. The van der Waals surface area contributed by atoms with Gasteiger partial charge < -0.3 is 14.0 Å². The van der Waals surface area contributed by atoms with Crippen molar-refractivity contribution >= 4 is 16.9 Å². The van der Waals surface area contributed by atoms with Crippen molar-refractivity contribution in [3.8, 4) is 28.1 Å². The third-order valence-electron chi connectivity index (χ3n) is 7.39. The molecule has 0 spiro atoms. The summed E-state index contributed by atoms with van der Waals surface area (Å²) in [5.74, 6) is 0.227. The number of aromatic nitrogens is 1. The minimum absolute atomic E-state index is 0.109. The summed E-state index contributed by atoms with van der Waals surface area (Å²) in [5.41, 5.74) is 9.73. The van der Waals surface area contributed by atoms with Crippen molar-refractivity contribution in [3.05, 3.63) is 150 Å². The number of nitrogens with zero attached hydrogens (tertiary/aromatic N) is 1. The average Bonchev–Trinajstić information content (AvgIpc) is 3.33. The molecule has 0 bridgehead atoms. The molecule has 6 rings (SSSR count). The molecule has 0 saturated carbocycles. The average molecular weight is 538 g/mol. The first-order chi connectivity index (χ1) is 20.2. The van der Waals surface area contributed by atoms with Gasteiger partial charge in [0.15, 0.2) is 6.61 Å². The molecule has 1 aromatic heterocycles. The maximum absolute atomic E-state index is 11.5. The lowest BCUT2D eigenvalue weighted by molar-refractivity contribution is -0.142. The maximum atomic E-state index is 11.5. The van der Waals surface area contributed by atoms with Gasteiger partial charge in [-0.15, -0.1) is 0 Å². The summed E-state index contributed by atoms with van der Waals surface area (Å²) in [6, 6.07) is 46.6. The van der Waals surface area contributed by atoms with Crippen LogP contribution in [-0.4, -0.2) is 24.3 Å². The van der Waals surface area contributed by atoms with Crippen molar-refractivity contribution in [2.24, 2.45) is 0 Å². The normalized spacial score (nSPS) is 11.0. The van der Waals surface area contributed by atoms with E-state index in [-0.39, 0.29) is 6.61 Å². The van der Waals surface area contributed by atoms with Crippen LogP contribution in [0.4, 0.5) is 0 Å². The number of rotatable bonds is 9. The Kier molecular flexibility index (Phi) is 7.63. The number of benzene rings is 5. The smallest absolute Gasteiger partial charge is 0.343 e. The number of carbonyl (C=O) groups excluding carboxylic acids is 1. The maximum Gasteiger partial charge on any atom is 0.343 e. The second-order valence-corrected chi connectivity index (χ2v) is 10.0. The largest absolute Gasteiger partial charge is 0.482 e. The van der Waals surface area contributed by atoms with Crippen LogP contribution in [0.25, 0.3) is 33.3 Å². The topological polar surface area (TPSA) is 40.5 Å². The van der Waals surface area contributed by atoms with Crippen molar-refractivity contribution in [3.63, 3.8) is 0 Å². The molecule has 202 valence electrons. The molecule has 1 heterocycles. The van der Waals surface area contributed by atoms with Crippen LogP contribution in [-0.2, 0) is 22.5 Å². The number of methoxy groups -OCH3 is 1. The number of ether oxygens (including phenoxy) is 2. The van der Waals surface area contributed by atoms with Crippen LogP contribution in [0.3, 0.4) is 0 Å². The fourth-order valence-electron chi connectivity index (χ4n) is 5.38. The van der Waals surface area contributed by atoms with E-state index >= 15 is 0 Å². The van der Waals surface area contributed by atoms with Gasteiger partial charge in [-0.25, -0.2) is 4.79 Å². The van der Waals surface area contributed by atoms with Gasteiger partial charge in [0.2, 0.25) is 0 Å². The molecule has 0 N–H and O–H groups in total. The fourth-order valence-corrected chi connectivity index (χ4v) is 5.38. The molecule has 0 radical (unpaired) electrons. The summed E-state index contributed by atoms with van der Waals surface area (Å²) in [5, 5.41) is 1.24. The predicted molar refractivity (Wildman–Crippen MR) is 165 cm³/mol. The molecule has 0 atom stereocenters. The van der Waals surface area contributed by atoms with E-state index in [0.717, 1.165) is 24.1 Å². The quantitative estimate of drug-likeness (QED) is 0.175. The van der Waals surface area contributed by atoms with E-state index in [4.69, 9.17) is 4.74 Å². The van der Waals surface area contributed by atoms with Crippen molar-refractivity contribution < 1.29 is 14.3 Å². The zero-order valence-electron chi connectivity index (χ0n) is 23.0. The van der Waals surface area contributed by atoms with E-state index < -0.39 is 5.97 Å².